The average Bonchev–Trinajstić information content (AvgIpc) is 2.32. The van der Waals surface area contributed by atoms with Crippen molar-refractivity contribution < 1.29 is 0 Å². The minimum atomic E-state index is 1.13. The summed E-state index contributed by atoms with van der Waals surface area (Å²) in [5.74, 6) is 0. The van der Waals surface area contributed by atoms with Gasteiger partial charge < -0.3 is 0 Å². The Morgan fingerprint density at radius 3 is 2.06 bits per heavy atom. The van der Waals surface area contributed by atoms with Crippen molar-refractivity contribution in [3.8, 4) is 0 Å². The molecule has 0 aromatic heterocycles. The van der Waals surface area contributed by atoms with Crippen LogP contribution < -0.4 is 0 Å². The van der Waals surface area contributed by atoms with E-state index in [-0.39, 0.29) is 0 Å². The number of hydrogen-bond acceptors (Lipinski definition) is 0. The van der Waals surface area contributed by atoms with Gasteiger partial charge in [-0.1, -0.05) is 54.1 Å². The molecule has 2 aromatic rings. The van der Waals surface area contributed by atoms with Crippen LogP contribution in [-0.4, -0.2) is 0 Å². The molecule has 0 fully saturated rings. The number of aryl methyl sites for hydroxylation is 1. The van der Waals surface area contributed by atoms with Crippen molar-refractivity contribution in [1.29, 1.82) is 0 Å². The molecule has 0 radical (unpaired) electrons. The second-order valence-corrected chi connectivity index (χ2v) is 5.13. The summed E-state index contributed by atoms with van der Waals surface area (Å²) >= 11 is 0. The summed E-state index contributed by atoms with van der Waals surface area (Å²) < 4.78 is 0. The molecule has 0 saturated heterocycles. The molecule has 0 aliphatic rings. The maximum absolute atomic E-state index is 4.12. The highest BCUT2D eigenvalue weighted by atomic mass is 14.1. The molecule has 0 heteroatoms. The zero-order valence-electron chi connectivity index (χ0n) is 11.7. The van der Waals surface area contributed by atoms with E-state index < -0.39 is 0 Å². The summed E-state index contributed by atoms with van der Waals surface area (Å²) in [5.41, 5.74) is 6.35. The normalized spacial score (nSPS) is 10.4. The topological polar surface area (TPSA) is 0 Å². The Kier molecular flexibility index (Phi) is 3.38. The van der Waals surface area contributed by atoms with E-state index in [4.69, 9.17) is 0 Å². The molecule has 2 rings (SSSR count). The largest absolute Gasteiger partial charge is 0.0955 e. The minimum absolute atomic E-state index is 1.13. The lowest BCUT2D eigenvalue weighted by Crippen LogP contribution is -1.92. The smallest absolute Gasteiger partial charge is 0.0103 e. The first-order valence-electron chi connectivity index (χ1n) is 6.34. The molecule has 0 atom stereocenters. The predicted octanol–water partition coefficient (Wildman–Crippen LogP) is 5.52. The first-order valence-corrected chi connectivity index (χ1v) is 6.34. The number of rotatable bonds is 2. The third-order valence-electron chi connectivity index (χ3n) is 3.34. The fourth-order valence-electron chi connectivity index (χ4n) is 2.59. The molecule has 18 heavy (non-hydrogen) atoms. The summed E-state index contributed by atoms with van der Waals surface area (Å²) in [4.78, 5) is 0. The Balaban J connectivity index is 2.85. The summed E-state index contributed by atoms with van der Waals surface area (Å²) in [6, 6.07) is 13.0. The van der Waals surface area contributed by atoms with Gasteiger partial charge in [0.2, 0.25) is 0 Å². The Hall–Kier alpha value is -1.82. The van der Waals surface area contributed by atoms with Crippen LogP contribution in [0.1, 0.15) is 31.9 Å². The molecule has 0 aliphatic carbocycles. The molecular formula is C18H20. The van der Waals surface area contributed by atoms with Gasteiger partial charge in [-0.3, -0.25) is 0 Å². The Labute approximate surface area is 110 Å². The fraction of sp³-hybridized carbons (Fsp3) is 0.222. The van der Waals surface area contributed by atoms with Crippen LogP contribution in [0.15, 0.2) is 54.1 Å². The summed E-state index contributed by atoms with van der Waals surface area (Å²) in [7, 11) is 0. The molecular weight excluding hydrogens is 216 g/mol. The van der Waals surface area contributed by atoms with E-state index in [1.165, 1.54) is 33.0 Å². The number of benzene rings is 2. The quantitative estimate of drug-likeness (QED) is 0.602. The molecule has 0 spiro atoms. The Morgan fingerprint density at radius 1 is 0.889 bits per heavy atom. The van der Waals surface area contributed by atoms with Crippen LogP contribution in [0.5, 0.6) is 0 Å². The second-order valence-electron chi connectivity index (χ2n) is 5.13. The zero-order chi connectivity index (χ0) is 13.3. The molecule has 0 saturated carbocycles. The van der Waals surface area contributed by atoms with Crippen molar-refractivity contribution in [2.24, 2.45) is 0 Å². The van der Waals surface area contributed by atoms with Crippen LogP contribution in [0.4, 0.5) is 0 Å². The van der Waals surface area contributed by atoms with Gasteiger partial charge >= 0.3 is 0 Å². The lowest BCUT2D eigenvalue weighted by Gasteiger charge is -2.14. The van der Waals surface area contributed by atoms with Gasteiger partial charge in [-0.25, -0.2) is 0 Å². The van der Waals surface area contributed by atoms with Gasteiger partial charge in [0, 0.05) is 0 Å². The molecule has 0 unspecified atom stereocenters. The highest BCUT2D eigenvalue weighted by Gasteiger charge is 2.09. The maximum atomic E-state index is 4.12. The molecule has 0 heterocycles. The molecule has 0 amide bonds. The third-order valence-corrected chi connectivity index (χ3v) is 3.34. The summed E-state index contributed by atoms with van der Waals surface area (Å²) in [6.07, 6.45) is 0. The predicted molar refractivity (Wildman–Crippen MR) is 81.8 cm³/mol. The van der Waals surface area contributed by atoms with Gasteiger partial charge in [0.15, 0.2) is 0 Å². The van der Waals surface area contributed by atoms with Crippen LogP contribution in [0.25, 0.3) is 16.3 Å². The van der Waals surface area contributed by atoms with Gasteiger partial charge in [0.25, 0.3) is 0 Å². The Morgan fingerprint density at radius 2 is 1.50 bits per heavy atom. The van der Waals surface area contributed by atoms with Crippen molar-refractivity contribution in [2.75, 3.05) is 0 Å². The van der Waals surface area contributed by atoms with Crippen LogP contribution >= 0.6 is 0 Å². The first kappa shape index (κ1) is 12.6. The van der Waals surface area contributed by atoms with Crippen LogP contribution in [0, 0.1) is 6.92 Å². The average molecular weight is 236 g/mol. The fourth-order valence-corrected chi connectivity index (χ4v) is 2.59. The van der Waals surface area contributed by atoms with Gasteiger partial charge in [-0.2, -0.15) is 0 Å². The van der Waals surface area contributed by atoms with Gasteiger partial charge in [0.05, 0.1) is 0 Å². The van der Waals surface area contributed by atoms with Crippen molar-refractivity contribution in [3.63, 3.8) is 0 Å². The van der Waals surface area contributed by atoms with Gasteiger partial charge in [-0.05, 0) is 55.2 Å². The molecule has 92 valence electrons. The van der Waals surface area contributed by atoms with Gasteiger partial charge in [0.1, 0.15) is 0 Å². The number of allylic oxidation sites excluding steroid dienone is 3. The number of hydrogen-bond donors (Lipinski definition) is 0. The standard InChI is InChI=1S/C18H20/c1-12(2)18(13(3)4)17-11-10-14(5)15-8-6-7-9-16(15)17/h6-11H,1H2,2-5H3. The molecule has 0 nitrogen and oxygen atoms in total. The van der Waals surface area contributed by atoms with Crippen LogP contribution in [-0.2, 0) is 0 Å². The van der Waals surface area contributed by atoms with E-state index >= 15 is 0 Å². The second kappa shape index (κ2) is 4.81. The maximum Gasteiger partial charge on any atom is -0.0103 e. The van der Waals surface area contributed by atoms with E-state index in [9.17, 15) is 0 Å². The van der Waals surface area contributed by atoms with E-state index in [1.54, 1.807) is 0 Å². The third kappa shape index (κ3) is 2.11. The van der Waals surface area contributed by atoms with Crippen LogP contribution in [0.3, 0.4) is 0 Å². The zero-order valence-corrected chi connectivity index (χ0v) is 11.7. The summed E-state index contributed by atoms with van der Waals surface area (Å²) in [6.45, 7) is 12.7. The molecule has 0 aliphatic heterocycles. The van der Waals surface area contributed by atoms with E-state index in [1.807, 2.05) is 0 Å². The highest BCUT2D eigenvalue weighted by molar-refractivity contribution is 5.99. The monoisotopic (exact) mass is 236 g/mol. The van der Waals surface area contributed by atoms with Crippen molar-refractivity contribution in [1.82, 2.24) is 0 Å². The first-order chi connectivity index (χ1) is 8.52. The lowest BCUT2D eigenvalue weighted by molar-refractivity contribution is 1.36. The Bertz CT molecular complexity index is 638. The molecule has 0 N–H and O–H groups in total. The van der Waals surface area contributed by atoms with Crippen molar-refractivity contribution in [2.45, 2.75) is 27.7 Å². The molecule has 2 aromatic carbocycles. The minimum Gasteiger partial charge on any atom is -0.0955 e. The van der Waals surface area contributed by atoms with E-state index in [0.717, 1.165) is 5.57 Å². The number of fused-ring (bicyclic) bond motifs is 1. The van der Waals surface area contributed by atoms with Crippen molar-refractivity contribution in [3.05, 3.63) is 65.3 Å². The highest BCUT2D eigenvalue weighted by Crippen LogP contribution is 2.32. The van der Waals surface area contributed by atoms with E-state index in [2.05, 4.69) is 70.7 Å². The van der Waals surface area contributed by atoms with E-state index in [0.29, 0.717) is 0 Å². The van der Waals surface area contributed by atoms with Crippen LogP contribution in [0.2, 0.25) is 0 Å². The SMILES string of the molecule is C=C(C)C(=C(C)C)c1ccc(C)c2ccccc12. The van der Waals surface area contributed by atoms with Crippen molar-refractivity contribution >= 4 is 16.3 Å². The molecule has 0 bridgehead atoms. The van der Waals surface area contributed by atoms with Gasteiger partial charge in [-0.15, -0.1) is 0 Å². The summed E-state index contributed by atoms with van der Waals surface area (Å²) in [5, 5.41) is 2.65. The lowest BCUT2D eigenvalue weighted by atomic mass is 9.90.